The highest BCUT2D eigenvalue weighted by atomic mass is 15.4. The van der Waals surface area contributed by atoms with Crippen molar-refractivity contribution >= 4 is 5.82 Å². The first-order valence-corrected chi connectivity index (χ1v) is 7.14. The minimum Gasteiger partial charge on any atom is -0.356 e. The number of rotatable bonds is 7. The maximum absolute atomic E-state index is 5.74. The van der Waals surface area contributed by atoms with E-state index < -0.39 is 0 Å². The van der Waals surface area contributed by atoms with Crippen LogP contribution in [-0.4, -0.2) is 29.4 Å². The predicted octanol–water partition coefficient (Wildman–Crippen LogP) is 1.86. The van der Waals surface area contributed by atoms with Crippen molar-refractivity contribution < 1.29 is 0 Å². The number of hydrogen-bond donors (Lipinski definition) is 1. The van der Waals surface area contributed by atoms with Gasteiger partial charge in [-0.15, -0.1) is 0 Å². The van der Waals surface area contributed by atoms with Gasteiger partial charge in [0.15, 0.2) is 0 Å². The van der Waals surface area contributed by atoms with Crippen LogP contribution in [0.25, 0.3) is 0 Å². The summed E-state index contributed by atoms with van der Waals surface area (Å²) in [5, 5.41) is 4.58. The van der Waals surface area contributed by atoms with Crippen LogP contribution in [0.2, 0.25) is 0 Å². The molecule has 1 aliphatic carbocycles. The maximum atomic E-state index is 5.74. The summed E-state index contributed by atoms with van der Waals surface area (Å²) in [5.74, 6) is 2.20. The van der Waals surface area contributed by atoms with E-state index in [0.29, 0.717) is 6.54 Å². The fraction of sp³-hybridized carbons (Fsp3) is 0.786. The summed E-state index contributed by atoms with van der Waals surface area (Å²) in [7, 11) is 2.05. The number of nitrogens with zero attached hydrogens (tertiary/aromatic N) is 3. The molecule has 4 nitrogen and oxygen atoms in total. The molecule has 0 spiro atoms. The Labute approximate surface area is 110 Å². The van der Waals surface area contributed by atoms with E-state index in [4.69, 9.17) is 5.73 Å². The smallest absolute Gasteiger partial charge is 0.130 e. The van der Waals surface area contributed by atoms with Gasteiger partial charge < -0.3 is 10.6 Å². The average molecular weight is 250 g/mol. The summed E-state index contributed by atoms with van der Waals surface area (Å²) in [6, 6.07) is 0. The Morgan fingerprint density at radius 1 is 1.44 bits per heavy atom. The van der Waals surface area contributed by atoms with E-state index in [1.807, 2.05) is 4.68 Å². The number of aromatic nitrogens is 2. The molecule has 0 radical (unpaired) electrons. The van der Waals surface area contributed by atoms with Gasteiger partial charge in [-0.2, -0.15) is 5.10 Å². The van der Waals surface area contributed by atoms with Gasteiger partial charge in [0.2, 0.25) is 0 Å². The molecule has 1 saturated carbocycles. The van der Waals surface area contributed by atoms with Crippen LogP contribution in [0.1, 0.15) is 37.4 Å². The standard InChI is InChI=1S/C14H26N4/c1-4-9-18(10-12-5-6-12)14-13(7-8-15)11(2)16-17(14)3/h12H,4-10,15H2,1-3H3. The molecule has 4 heteroatoms. The Morgan fingerprint density at radius 2 is 2.17 bits per heavy atom. The Morgan fingerprint density at radius 3 is 2.72 bits per heavy atom. The lowest BCUT2D eigenvalue weighted by Gasteiger charge is -2.25. The molecule has 18 heavy (non-hydrogen) atoms. The molecule has 1 fully saturated rings. The van der Waals surface area contributed by atoms with E-state index in [9.17, 15) is 0 Å². The molecule has 1 heterocycles. The second-order valence-electron chi connectivity index (χ2n) is 5.44. The van der Waals surface area contributed by atoms with Crippen LogP contribution < -0.4 is 10.6 Å². The molecule has 2 N–H and O–H groups in total. The van der Waals surface area contributed by atoms with Gasteiger partial charge in [-0.25, -0.2) is 0 Å². The van der Waals surface area contributed by atoms with Crippen molar-refractivity contribution in [2.75, 3.05) is 24.5 Å². The lowest BCUT2D eigenvalue weighted by atomic mass is 10.1. The molecule has 0 amide bonds. The van der Waals surface area contributed by atoms with Crippen LogP contribution in [0, 0.1) is 12.8 Å². The van der Waals surface area contributed by atoms with Gasteiger partial charge in [0.1, 0.15) is 5.82 Å². The summed E-state index contributed by atoms with van der Waals surface area (Å²) >= 11 is 0. The molecular formula is C14H26N4. The van der Waals surface area contributed by atoms with Crippen molar-refractivity contribution in [3.8, 4) is 0 Å². The summed E-state index contributed by atoms with van der Waals surface area (Å²) in [5.41, 5.74) is 8.22. The van der Waals surface area contributed by atoms with Crippen molar-refractivity contribution in [1.29, 1.82) is 0 Å². The van der Waals surface area contributed by atoms with Gasteiger partial charge in [-0.1, -0.05) is 6.92 Å². The Hall–Kier alpha value is -1.03. The van der Waals surface area contributed by atoms with Gasteiger partial charge in [-0.3, -0.25) is 4.68 Å². The van der Waals surface area contributed by atoms with E-state index in [1.54, 1.807) is 0 Å². The molecule has 1 aromatic rings. The van der Waals surface area contributed by atoms with Gasteiger partial charge in [0.05, 0.1) is 5.69 Å². The third-order valence-corrected chi connectivity index (χ3v) is 3.68. The first-order valence-electron chi connectivity index (χ1n) is 7.14. The highest BCUT2D eigenvalue weighted by Gasteiger charge is 2.27. The fourth-order valence-corrected chi connectivity index (χ4v) is 2.69. The topological polar surface area (TPSA) is 47.1 Å². The number of hydrogen-bond acceptors (Lipinski definition) is 3. The molecule has 0 bridgehead atoms. The highest BCUT2D eigenvalue weighted by molar-refractivity contribution is 5.50. The first kappa shape index (κ1) is 13.4. The van der Waals surface area contributed by atoms with Crippen molar-refractivity contribution in [2.24, 2.45) is 18.7 Å². The zero-order valence-electron chi connectivity index (χ0n) is 11.9. The van der Waals surface area contributed by atoms with Crippen LogP contribution >= 0.6 is 0 Å². The largest absolute Gasteiger partial charge is 0.356 e. The van der Waals surface area contributed by atoms with Crippen LogP contribution in [-0.2, 0) is 13.5 Å². The second kappa shape index (κ2) is 5.74. The van der Waals surface area contributed by atoms with E-state index in [1.165, 1.54) is 37.2 Å². The molecule has 2 rings (SSSR count). The molecule has 1 aliphatic rings. The Bertz CT molecular complexity index is 393. The van der Waals surface area contributed by atoms with Crippen LogP contribution in [0.4, 0.5) is 5.82 Å². The quantitative estimate of drug-likeness (QED) is 0.803. The van der Waals surface area contributed by atoms with Gasteiger partial charge in [-0.05, 0) is 45.1 Å². The van der Waals surface area contributed by atoms with E-state index in [-0.39, 0.29) is 0 Å². The third-order valence-electron chi connectivity index (χ3n) is 3.68. The van der Waals surface area contributed by atoms with Gasteiger partial charge in [0, 0.05) is 25.7 Å². The summed E-state index contributed by atoms with van der Waals surface area (Å²) in [6.45, 7) is 7.34. The van der Waals surface area contributed by atoms with E-state index in [2.05, 4.69) is 30.9 Å². The van der Waals surface area contributed by atoms with E-state index in [0.717, 1.165) is 24.6 Å². The fourth-order valence-electron chi connectivity index (χ4n) is 2.69. The van der Waals surface area contributed by atoms with Crippen LogP contribution in [0.3, 0.4) is 0 Å². The van der Waals surface area contributed by atoms with Crippen LogP contribution in [0.15, 0.2) is 0 Å². The molecule has 0 atom stereocenters. The summed E-state index contributed by atoms with van der Waals surface area (Å²) in [4.78, 5) is 2.52. The predicted molar refractivity (Wildman–Crippen MR) is 75.9 cm³/mol. The molecule has 1 aromatic heterocycles. The summed E-state index contributed by atoms with van der Waals surface area (Å²) in [6.07, 6.45) is 4.89. The maximum Gasteiger partial charge on any atom is 0.130 e. The molecular weight excluding hydrogens is 224 g/mol. The molecule has 0 aromatic carbocycles. The van der Waals surface area contributed by atoms with Crippen molar-refractivity contribution in [3.63, 3.8) is 0 Å². The summed E-state index contributed by atoms with van der Waals surface area (Å²) < 4.78 is 2.04. The normalized spacial score (nSPS) is 15.1. The van der Waals surface area contributed by atoms with Gasteiger partial charge in [0.25, 0.3) is 0 Å². The zero-order chi connectivity index (χ0) is 13.1. The highest BCUT2D eigenvalue weighted by Crippen LogP contribution is 2.33. The lowest BCUT2D eigenvalue weighted by Crippen LogP contribution is -2.29. The van der Waals surface area contributed by atoms with E-state index >= 15 is 0 Å². The Kier molecular flexibility index (Phi) is 4.27. The monoisotopic (exact) mass is 250 g/mol. The lowest BCUT2D eigenvalue weighted by molar-refractivity contribution is 0.655. The number of nitrogens with two attached hydrogens (primary N) is 1. The second-order valence-corrected chi connectivity index (χ2v) is 5.44. The zero-order valence-corrected chi connectivity index (χ0v) is 11.9. The van der Waals surface area contributed by atoms with Crippen LogP contribution in [0.5, 0.6) is 0 Å². The van der Waals surface area contributed by atoms with Crippen molar-refractivity contribution in [3.05, 3.63) is 11.3 Å². The van der Waals surface area contributed by atoms with Crippen molar-refractivity contribution in [2.45, 2.75) is 39.5 Å². The number of anilines is 1. The molecule has 102 valence electrons. The third kappa shape index (κ3) is 2.86. The van der Waals surface area contributed by atoms with Crippen molar-refractivity contribution in [1.82, 2.24) is 9.78 Å². The Balaban J connectivity index is 2.25. The molecule has 0 saturated heterocycles. The first-order chi connectivity index (χ1) is 8.67. The number of aryl methyl sites for hydroxylation is 2. The molecule has 0 unspecified atom stereocenters. The van der Waals surface area contributed by atoms with Gasteiger partial charge >= 0.3 is 0 Å². The minimum atomic E-state index is 0.697. The SMILES string of the molecule is CCCN(CC1CC1)c1c(CCN)c(C)nn1C. The average Bonchev–Trinajstić information content (AvgIpc) is 3.07. The minimum absolute atomic E-state index is 0.697. The molecule has 0 aliphatic heterocycles.